The van der Waals surface area contributed by atoms with Gasteiger partial charge in [0.1, 0.15) is 0 Å². The third kappa shape index (κ3) is 2.34. The smallest absolute Gasteiger partial charge is 0.0991 e. The summed E-state index contributed by atoms with van der Waals surface area (Å²) in [6, 6.07) is 9.96. The molecule has 0 atom stereocenters. The fourth-order valence-electron chi connectivity index (χ4n) is 2.17. The average molecular weight is 215 g/mol. The summed E-state index contributed by atoms with van der Waals surface area (Å²) >= 11 is 0. The van der Waals surface area contributed by atoms with Crippen LogP contribution in [0.3, 0.4) is 0 Å². The van der Waals surface area contributed by atoms with Crippen molar-refractivity contribution in [2.75, 3.05) is 24.5 Å². The van der Waals surface area contributed by atoms with Gasteiger partial charge < -0.3 is 10.6 Å². The van der Waals surface area contributed by atoms with E-state index in [0.717, 1.165) is 25.2 Å². The first-order valence-corrected chi connectivity index (χ1v) is 5.78. The van der Waals surface area contributed by atoms with Gasteiger partial charge >= 0.3 is 0 Å². The summed E-state index contributed by atoms with van der Waals surface area (Å²) < 4.78 is 0. The van der Waals surface area contributed by atoms with Crippen molar-refractivity contribution in [3.63, 3.8) is 0 Å². The molecule has 2 N–H and O–H groups in total. The lowest BCUT2D eigenvalue weighted by atomic mass is 9.97. The minimum Gasteiger partial charge on any atom is -0.372 e. The highest BCUT2D eigenvalue weighted by atomic mass is 15.1. The molecule has 3 heteroatoms. The van der Waals surface area contributed by atoms with E-state index in [2.05, 4.69) is 11.0 Å². The molecule has 3 nitrogen and oxygen atoms in total. The van der Waals surface area contributed by atoms with E-state index in [1.807, 2.05) is 24.3 Å². The molecule has 84 valence electrons. The van der Waals surface area contributed by atoms with Crippen molar-refractivity contribution in [3.05, 3.63) is 29.8 Å². The normalized spacial score (nSPS) is 17.1. The lowest BCUT2D eigenvalue weighted by Crippen LogP contribution is -2.35. The molecule has 1 aliphatic heterocycles. The number of piperidine rings is 1. The Morgan fingerprint density at radius 1 is 1.25 bits per heavy atom. The maximum atomic E-state index is 8.73. The number of nitriles is 1. The predicted molar refractivity (Wildman–Crippen MR) is 65.1 cm³/mol. The molecule has 0 aliphatic carbocycles. The summed E-state index contributed by atoms with van der Waals surface area (Å²) in [6.45, 7) is 2.96. The van der Waals surface area contributed by atoms with Crippen molar-refractivity contribution < 1.29 is 0 Å². The quantitative estimate of drug-likeness (QED) is 0.817. The van der Waals surface area contributed by atoms with E-state index in [-0.39, 0.29) is 0 Å². The van der Waals surface area contributed by atoms with E-state index in [9.17, 15) is 0 Å². The summed E-state index contributed by atoms with van der Waals surface area (Å²) in [5.41, 5.74) is 7.61. The Hall–Kier alpha value is -1.53. The molecule has 0 aromatic heterocycles. The maximum Gasteiger partial charge on any atom is 0.0991 e. The Bertz CT molecular complexity index is 369. The van der Waals surface area contributed by atoms with Gasteiger partial charge in [-0.1, -0.05) is 0 Å². The Balaban J connectivity index is 2.00. The van der Waals surface area contributed by atoms with Crippen LogP contribution in [0.2, 0.25) is 0 Å². The van der Waals surface area contributed by atoms with Crippen LogP contribution in [0, 0.1) is 17.2 Å². The molecule has 0 saturated carbocycles. The molecule has 2 rings (SSSR count). The molecule has 0 amide bonds. The minimum atomic E-state index is 0.689. The number of hydrogen-bond donors (Lipinski definition) is 1. The standard InChI is InChI=1S/C13H17N3/c14-9-11-1-3-13(4-2-11)16-7-5-12(10-15)6-8-16/h1-4,12H,5-8,10,15H2. The Morgan fingerprint density at radius 2 is 1.88 bits per heavy atom. The zero-order valence-corrected chi connectivity index (χ0v) is 9.39. The highest BCUT2D eigenvalue weighted by molar-refractivity contribution is 5.49. The predicted octanol–water partition coefficient (Wildman–Crippen LogP) is 1.73. The molecule has 1 heterocycles. The van der Waals surface area contributed by atoms with Gasteiger partial charge in [-0.3, -0.25) is 0 Å². The zero-order valence-electron chi connectivity index (χ0n) is 9.39. The minimum absolute atomic E-state index is 0.689. The zero-order chi connectivity index (χ0) is 11.4. The number of rotatable bonds is 2. The highest BCUT2D eigenvalue weighted by Gasteiger charge is 2.17. The molecule has 16 heavy (non-hydrogen) atoms. The molecule has 1 aliphatic rings. The SMILES string of the molecule is N#Cc1ccc(N2CCC(CN)CC2)cc1. The van der Waals surface area contributed by atoms with Crippen molar-refractivity contribution in [1.82, 2.24) is 0 Å². The van der Waals surface area contributed by atoms with E-state index in [0.29, 0.717) is 5.92 Å². The van der Waals surface area contributed by atoms with Crippen LogP contribution in [0.5, 0.6) is 0 Å². The fourth-order valence-corrected chi connectivity index (χ4v) is 2.17. The highest BCUT2D eigenvalue weighted by Crippen LogP contribution is 2.22. The fraction of sp³-hybridized carbons (Fsp3) is 0.462. The number of hydrogen-bond acceptors (Lipinski definition) is 3. The van der Waals surface area contributed by atoms with Crippen LogP contribution in [-0.4, -0.2) is 19.6 Å². The van der Waals surface area contributed by atoms with Crippen molar-refractivity contribution in [2.45, 2.75) is 12.8 Å². The van der Waals surface area contributed by atoms with Gasteiger partial charge in [0, 0.05) is 18.8 Å². The summed E-state index contributed by atoms with van der Waals surface area (Å²) in [5, 5.41) is 8.73. The summed E-state index contributed by atoms with van der Waals surface area (Å²) in [5.74, 6) is 0.689. The number of benzene rings is 1. The van der Waals surface area contributed by atoms with Crippen LogP contribution in [-0.2, 0) is 0 Å². The number of nitrogens with two attached hydrogens (primary N) is 1. The molecule has 0 spiro atoms. The summed E-state index contributed by atoms with van der Waals surface area (Å²) in [6.07, 6.45) is 2.35. The van der Waals surface area contributed by atoms with Crippen LogP contribution in [0.15, 0.2) is 24.3 Å². The molecular formula is C13H17N3. The maximum absolute atomic E-state index is 8.73. The topological polar surface area (TPSA) is 53.0 Å². The van der Waals surface area contributed by atoms with E-state index >= 15 is 0 Å². The van der Waals surface area contributed by atoms with Crippen LogP contribution in [0.25, 0.3) is 0 Å². The Morgan fingerprint density at radius 3 is 2.38 bits per heavy atom. The van der Waals surface area contributed by atoms with Gasteiger partial charge in [0.25, 0.3) is 0 Å². The van der Waals surface area contributed by atoms with Gasteiger partial charge in [-0.15, -0.1) is 0 Å². The molecule has 0 unspecified atom stereocenters. The van der Waals surface area contributed by atoms with Crippen molar-refractivity contribution >= 4 is 5.69 Å². The van der Waals surface area contributed by atoms with Gasteiger partial charge in [-0.05, 0) is 49.6 Å². The molecule has 1 fully saturated rings. The number of nitrogens with zero attached hydrogens (tertiary/aromatic N) is 2. The van der Waals surface area contributed by atoms with Crippen LogP contribution in [0.4, 0.5) is 5.69 Å². The Labute approximate surface area is 96.5 Å². The molecule has 0 bridgehead atoms. The van der Waals surface area contributed by atoms with Crippen LogP contribution in [0.1, 0.15) is 18.4 Å². The average Bonchev–Trinajstić information content (AvgIpc) is 2.39. The van der Waals surface area contributed by atoms with Crippen LogP contribution < -0.4 is 10.6 Å². The number of anilines is 1. The van der Waals surface area contributed by atoms with Gasteiger partial charge in [0.2, 0.25) is 0 Å². The van der Waals surface area contributed by atoms with Crippen molar-refractivity contribution in [1.29, 1.82) is 5.26 Å². The van der Waals surface area contributed by atoms with Crippen molar-refractivity contribution in [2.24, 2.45) is 11.7 Å². The first-order valence-electron chi connectivity index (χ1n) is 5.78. The van der Waals surface area contributed by atoms with Gasteiger partial charge in [0.15, 0.2) is 0 Å². The Kier molecular flexibility index (Phi) is 3.43. The van der Waals surface area contributed by atoms with E-state index < -0.39 is 0 Å². The van der Waals surface area contributed by atoms with E-state index in [1.165, 1.54) is 18.5 Å². The van der Waals surface area contributed by atoms with E-state index in [4.69, 9.17) is 11.0 Å². The molecule has 1 aromatic rings. The molecule has 0 radical (unpaired) electrons. The van der Waals surface area contributed by atoms with Gasteiger partial charge in [-0.25, -0.2) is 0 Å². The lowest BCUT2D eigenvalue weighted by Gasteiger charge is -2.33. The second-order valence-corrected chi connectivity index (χ2v) is 4.32. The second kappa shape index (κ2) is 5.00. The monoisotopic (exact) mass is 215 g/mol. The van der Waals surface area contributed by atoms with Gasteiger partial charge in [-0.2, -0.15) is 5.26 Å². The third-order valence-electron chi connectivity index (χ3n) is 3.31. The summed E-state index contributed by atoms with van der Waals surface area (Å²) in [4.78, 5) is 2.37. The molecule has 1 saturated heterocycles. The first kappa shape index (κ1) is 11.0. The first-order chi connectivity index (χ1) is 7.83. The van der Waals surface area contributed by atoms with Crippen molar-refractivity contribution in [3.8, 4) is 6.07 Å². The molecular weight excluding hydrogens is 198 g/mol. The molecule has 1 aromatic carbocycles. The van der Waals surface area contributed by atoms with Crippen LogP contribution >= 0.6 is 0 Å². The largest absolute Gasteiger partial charge is 0.372 e. The third-order valence-corrected chi connectivity index (χ3v) is 3.31. The summed E-state index contributed by atoms with van der Waals surface area (Å²) in [7, 11) is 0. The van der Waals surface area contributed by atoms with Gasteiger partial charge in [0.05, 0.1) is 11.6 Å². The second-order valence-electron chi connectivity index (χ2n) is 4.32. The van der Waals surface area contributed by atoms with E-state index in [1.54, 1.807) is 0 Å². The lowest BCUT2D eigenvalue weighted by molar-refractivity contribution is 0.414.